The first-order chi connectivity index (χ1) is 10.0. The number of likely N-dealkylation sites (tertiary alicyclic amines) is 1. The van der Waals surface area contributed by atoms with E-state index in [-0.39, 0.29) is 23.7 Å². The average molecular weight is 355 g/mol. The van der Waals surface area contributed by atoms with Crippen molar-refractivity contribution in [3.8, 4) is 0 Å². The van der Waals surface area contributed by atoms with E-state index >= 15 is 0 Å². The van der Waals surface area contributed by atoms with Gasteiger partial charge in [-0.1, -0.05) is 0 Å². The molecule has 1 aromatic carbocycles. The molecule has 2 amide bonds. The maximum atomic E-state index is 13.3. The highest BCUT2D eigenvalue weighted by atomic mass is 79.9. The zero-order valence-corrected chi connectivity index (χ0v) is 13.0. The molecule has 0 saturated carbocycles. The van der Waals surface area contributed by atoms with Gasteiger partial charge in [0.05, 0.1) is 4.47 Å². The van der Waals surface area contributed by atoms with Crippen LogP contribution in [0.15, 0.2) is 22.7 Å². The number of piperidine rings is 2. The summed E-state index contributed by atoms with van der Waals surface area (Å²) in [5.74, 6) is -0.0194. The number of halogens is 2. The average Bonchev–Trinajstić information content (AvgIpc) is 2.49. The van der Waals surface area contributed by atoms with Crippen LogP contribution < -0.4 is 5.32 Å². The van der Waals surface area contributed by atoms with Crippen molar-refractivity contribution in [3.63, 3.8) is 0 Å². The molecule has 112 valence electrons. The molecule has 3 rings (SSSR count). The van der Waals surface area contributed by atoms with Gasteiger partial charge in [0.2, 0.25) is 5.91 Å². The molecule has 1 N–H and O–H groups in total. The first-order valence-electron chi connectivity index (χ1n) is 7.08. The maximum Gasteiger partial charge on any atom is 0.253 e. The van der Waals surface area contributed by atoms with Gasteiger partial charge in [-0.2, -0.15) is 0 Å². The highest BCUT2D eigenvalue weighted by Gasteiger charge is 2.35. The van der Waals surface area contributed by atoms with Gasteiger partial charge < -0.3 is 10.2 Å². The first kappa shape index (κ1) is 14.5. The Hall–Kier alpha value is -1.43. The topological polar surface area (TPSA) is 49.4 Å². The Labute approximate surface area is 130 Å². The molecule has 0 radical (unpaired) electrons. The van der Waals surface area contributed by atoms with Crippen molar-refractivity contribution in [2.45, 2.75) is 25.3 Å². The van der Waals surface area contributed by atoms with E-state index in [4.69, 9.17) is 0 Å². The summed E-state index contributed by atoms with van der Waals surface area (Å²) in [5, 5.41) is 3.00. The van der Waals surface area contributed by atoms with Crippen LogP contribution in [0, 0.1) is 11.7 Å². The predicted molar refractivity (Wildman–Crippen MR) is 79.3 cm³/mol. The minimum Gasteiger partial charge on any atom is -0.353 e. The molecule has 0 spiro atoms. The van der Waals surface area contributed by atoms with Gasteiger partial charge in [-0.05, 0) is 52.9 Å². The van der Waals surface area contributed by atoms with E-state index in [0.29, 0.717) is 35.5 Å². The Bertz CT molecular complexity index is 593. The van der Waals surface area contributed by atoms with Gasteiger partial charge in [0.25, 0.3) is 5.91 Å². The summed E-state index contributed by atoms with van der Waals surface area (Å²) < 4.78 is 13.5. The summed E-state index contributed by atoms with van der Waals surface area (Å²) in [6, 6.07) is 4.52. The molecule has 2 aliphatic rings. The van der Waals surface area contributed by atoms with Crippen LogP contribution >= 0.6 is 15.9 Å². The molecule has 2 heterocycles. The second kappa shape index (κ2) is 5.75. The molecule has 0 aliphatic carbocycles. The molecule has 2 saturated heterocycles. The van der Waals surface area contributed by atoms with E-state index in [1.807, 2.05) is 0 Å². The fourth-order valence-corrected chi connectivity index (χ4v) is 3.49. The lowest BCUT2D eigenvalue weighted by molar-refractivity contribution is -0.125. The number of amides is 2. The summed E-state index contributed by atoms with van der Waals surface area (Å²) >= 11 is 3.11. The summed E-state index contributed by atoms with van der Waals surface area (Å²) in [6.45, 7) is 1.27. The number of hydrogen-bond acceptors (Lipinski definition) is 2. The van der Waals surface area contributed by atoms with Crippen LogP contribution in [0.4, 0.5) is 4.39 Å². The van der Waals surface area contributed by atoms with E-state index in [2.05, 4.69) is 21.2 Å². The maximum absolute atomic E-state index is 13.3. The van der Waals surface area contributed by atoms with Gasteiger partial charge in [-0.25, -0.2) is 4.39 Å². The van der Waals surface area contributed by atoms with Gasteiger partial charge in [0, 0.05) is 31.1 Å². The normalized spacial score (nSPS) is 25.2. The van der Waals surface area contributed by atoms with Crippen LogP contribution in [0.3, 0.4) is 0 Å². The molecule has 21 heavy (non-hydrogen) atoms. The Morgan fingerprint density at radius 1 is 1.38 bits per heavy atom. The van der Waals surface area contributed by atoms with E-state index in [1.165, 1.54) is 18.2 Å². The largest absolute Gasteiger partial charge is 0.353 e. The van der Waals surface area contributed by atoms with Crippen molar-refractivity contribution in [3.05, 3.63) is 34.1 Å². The summed E-state index contributed by atoms with van der Waals surface area (Å²) in [4.78, 5) is 25.7. The molecular formula is C15H16BrFN2O2. The van der Waals surface area contributed by atoms with Crippen molar-refractivity contribution in [1.82, 2.24) is 10.2 Å². The first-order valence-corrected chi connectivity index (χ1v) is 7.87. The zero-order chi connectivity index (χ0) is 15.0. The second-order valence-corrected chi connectivity index (χ2v) is 6.50. The summed E-state index contributed by atoms with van der Waals surface area (Å²) in [7, 11) is 0. The standard InChI is InChI=1S/C15H16BrFN2O2/c16-11-7-9(1-3-12(11)17)15(21)19-6-5-13-10(8-19)2-4-14(20)18-13/h1,3,7,10,13H,2,4-6,8H2,(H,18,20). The quantitative estimate of drug-likeness (QED) is 0.841. The minimum absolute atomic E-state index is 0.0777. The molecule has 2 fully saturated rings. The summed E-state index contributed by atoms with van der Waals surface area (Å²) in [6.07, 6.45) is 2.14. The fourth-order valence-electron chi connectivity index (χ4n) is 3.11. The van der Waals surface area contributed by atoms with Gasteiger partial charge >= 0.3 is 0 Å². The van der Waals surface area contributed by atoms with E-state index in [9.17, 15) is 14.0 Å². The SMILES string of the molecule is O=C1CCC2CN(C(=O)c3ccc(F)c(Br)c3)CCC2N1. The van der Waals surface area contributed by atoms with Crippen LogP contribution in [-0.2, 0) is 4.79 Å². The second-order valence-electron chi connectivity index (χ2n) is 5.64. The lowest BCUT2D eigenvalue weighted by atomic mass is 9.85. The Morgan fingerprint density at radius 2 is 2.19 bits per heavy atom. The number of fused-ring (bicyclic) bond motifs is 1. The minimum atomic E-state index is -0.375. The fraction of sp³-hybridized carbons (Fsp3) is 0.467. The monoisotopic (exact) mass is 354 g/mol. The number of benzene rings is 1. The van der Waals surface area contributed by atoms with Gasteiger partial charge in [-0.15, -0.1) is 0 Å². The van der Waals surface area contributed by atoms with E-state index in [1.54, 1.807) is 4.90 Å². The van der Waals surface area contributed by atoms with Gasteiger partial charge in [0.1, 0.15) is 5.82 Å². The molecule has 6 heteroatoms. The number of carbonyl (C=O) groups is 2. The van der Waals surface area contributed by atoms with Crippen molar-refractivity contribution in [2.24, 2.45) is 5.92 Å². The highest BCUT2D eigenvalue weighted by molar-refractivity contribution is 9.10. The smallest absolute Gasteiger partial charge is 0.253 e. The number of nitrogens with one attached hydrogen (secondary N) is 1. The predicted octanol–water partition coefficient (Wildman–Crippen LogP) is 2.33. The van der Waals surface area contributed by atoms with Gasteiger partial charge in [-0.3, -0.25) is 9.59 Å². The van der Waals surface area contributed by atoms with Crippen LogP contribution in [-0.4, -0.2) is 35.8 Å². The van der Waals surface area contributed by atoms with Crippen LogP contribution in [0.2, 0.25) is 0 Å². The third-order valence-electron chi connectivity index (χ3n) is 4.28. The van der Waals surface area contributed by atoms with Crippen LogP contribution in [0.1, 0.15) is 29.6 Å². The third kappa shape index (κ3) is 2.95. The molecule has 2 aliphatic heterocycles. The number of rotatable bonds is 1. The number of carbonyl (C=O) groups excluding carboxylic acids is 2. The molecular weight excluding hydrogens is 339 g/mol. The molecule has 0 bridgehead atoms. The summed E-state index contributed by atoms with van der Waals surface area (Å²) in [5.41, 5.74) is 0.488. The van der Waals surface area contributed by atoms with E-state index < -0.39 is 0 Å². The molecule has 0 aromatic heterocycles. The van der Waals surface area contributed by atoms with Crippen molar-refractivity contribution in [1.29, 1.82) is 0 Å². The van der Waals surface area contributed by atoms with Crippen molar-refractivity contribution < 1.29 is 14.0 Å². The molecule has 2 atom stereocenters. The molecule has 2 unspecified atom stereocenters. The number of hydrogen-bond donors (Lipinski definition) is 1. The van der Waals surface area contributed by atoms with E-state index in [0.717, 1.165) is 12.8 Å². The zero-order valence-electron chi connectivity index (χ0n) is 11.4. The van der Waals surface area contributed by atoms with Crippen molar-refractivity contribution in [2.75, 3.05) is 13.1 Å². The Balaban J connectivity index is 1.71. The van der Waals surface area contributed by atoms with Crippen molar-refractivity contribution >= 4 is 27.7 Å². The number of nitrogens with zero attached hydrogens (tertiary/aromatic N) is 1. The lowest BCUT2D eigenvalue weighted by Crippen LogP contribution is -2.55. The highest BCUT2D eigenvalue weighted by Crippen LogP contribution is 2.27. The molecule has 1 aromatic rings. The van der Waals surface area contributed by atoms with Gasteiger partial charge in [0.15, 0.2) is 0 Å². The molecule has 4 nitrogen and oxygen atoms in total. The Kier molecular flexibility index (Phi) is 3.97. The Morgan fingerprint density at radius 3 is 2.95 bits per heavy atom. The third-order valence-corrected chi connectivity index (χ3v) is 4.88. The van der Waals surface area contributed by atoms with Crippen LogP contribution in [0.5, 0.6) is 0 Å². The van der Waals surface area contributed by atoms with Crippen LogP contribution in [0.25, 0.3) is 0 Å². The lowest BCUT2D eigenvalue weighted by Gasteiger charge is -2.41.